The number of rotatable bonds is 4. The van der Waals surface area contributed by atoms with E-state index in [1.165, 1.54) is 0 Å². The zero-order valence-corrected chi connectivity index (χ0v) is 19.9. The minimum Gasteiger partial charge on any atom is -0.482 e. The van der Waals surface area contributed by atoms with E-state index in [1.54, 1.807) is 17.0 Å². The summed E-state index contributed by atoms with van der Waals surface area (Å²) in [5, 5.41) is 12.6. The Bertz CT molecular complexity index is 1130. The van der Waals surface area contributed by atoms with Crippen molar-refractivity contribution in [2.24, 2.45) is 5.92 Å². The summed E-state index contributed by atoms with van der Waals surface area (Å²) in [5.41, 5.74) is 1.00. The maximum atomic E-state index is 13.4. The van der Waals surface area contributed by atoms with Crippen molar-refractivity contribution in [1.29, 1.82) is 0 Å². The van der Waals surface area contributed by atoms with Crippen LogP contribution in [0.2, 0.25) is 18.6 Å². The van der Waals surface area contributed by atoms with Crippen LogP contribution in [0.3, 0.4) is 0 Å². The van der Waals surface area contributed by atoms with E-state index < -0.39 is 20.0 Å². The number of fused-ring (bicyclic) bond motifs is 3. The van der Waals surface area contributed by atoms with Crippen molar-refractivity contribution in [2.75, 3.05) is 23.4 Å². The third-order valence-corrected chi connectivity index (χ3v) is 9.60. The van der Waals surface area contributed by atoms with Crippen LogP contribution in [-0.2, 0) is 19.9 Å². The Labute approximate surface area is 193 Å². The molecule has 2 aromatic rings. The number of nitrogens with zero attached hydrogens (tertiary/aromatic N) is 1. The standard InChI is InChI=1S/C24H28N2O6Si/c1-14-22(33(2,3)30)20(10-11-27)32-24(14)16-12-15(8-9-17(16)25-23(24)29)26-18-6-4-5-7-19(18)31-13-21(26)28/h4-9,12,14,20,22,27,30H,10-11,13H2,1-3H3,(H,25,29)/t14-,20+,22-,24+/m1/s1. The molecule has 9 heteroatoms. The zero-order chi connectivity index (χ0) is 23.5. The molecule has 3 heterocycles. The number of nitrogens with one attached hydrogen (secondary N) is 1. The number of benzene rings is 2. The van der Waals surface area contributed by atoms with Gasteiger partial charge in [-0.25, -0.2) is 0 Å². The second kappa shape index (κ2) is 7.66. The lowest BCUT2D eigenvalue weighted by atomic mass is 9.82. The zero-order valence-electron chi connectivity index (χ0n) is 18.9. The van der Waals surface area contributed by atoms with Gasteiger partial charge in [-0.05, 0) is 49.8 Å². The highest BCUT2D eigenvalue weighted by atomic mass is 28.4. The van der Waals surface area contributed by atoms with E-state index in [0.29, 0.717) is 34.8 Å². The van der Waals surface area contributed by atoms with Gasteiger partial charge in [0, 0.05) is 35.0 Å². The molecule has 0 aliphatic carbocycles. The number of aliphatic hydroxyl groups is 1. The monoisotopic (exact) mass is 468 g/mol. The Morgan fingerprint density at radius 2 is 1.97 bits per heavy atom. The van der Waals surface area contributed by atoms with Gasteiger partial charge >= 0.3 is 0 Å². The van der Waals surface area contributed by atoms with Gasteiger partial charge in [-0.15, -0.1) is 0 Å². The Morgan fingerprint density at radius 1 is 1.21 bits per heavy atom. The Balaban J connectivity index is 1.63. The third kappa shape index (κ3) is 3.22. The third-order valence-electron chi connectivity index (χ3n) is 7.10. The molecule has 2 amide bonds. The van der Waals surface area contributed by atoms with E-state index >= 15 is 0 Å². The summed E-state index contributed by atoms with van der Waals surface area (Å²) in [6.07, 6.45) is -0.103. The van der Waals surface area contributed by atoms with E-state index in [9.17, 15) is 19.5 Å². The molecule has 174 valence electrons. The number of amides is 2. The van der Waals surface area contributed by atoms with Crippen LogP contribution >= 0.6 is 0 Å². The molecule has 0 unspecified atom stereocenters. The van der Waals surface area contributed by atoms with Gasteiger partial charge in [0.05, 0.1) is 11.8 Å². The van der Waals surface area contributed by atoms with Gasteiger partial charge in [-0.1, -0.05) is 19.1 Å². The number of carbonyl (C=O) groups is 2. The van der Waals surface area contributed by atoms with Crippen LogP contribution < -0.4 is 15.0 Å². The molecule has 0 radical (unpaired) electrons. The van der Waals surface area contributed by atoms with Crippen molar-refractivity contribution >= 4 is 37.2 Å². The number of hydrogen-bond acceptors (Lipinski definition) is 6. The number of ether oxygens (including phenoxy) is 2. The number of anilines is 3. The maximum absolute atomic E-state index is 13.4. The quantitative estimate of drug-likeness (QED) is 0.596. The summed E-state index contributed by atoms with van der Waals surface area (Å²) in [6.45, 7) is 5.45. The molecule has 1 saturated heterocycles. The lowest BCUT2D eigenvalue weighted by molar-refractivity contribution is -0.143. The molecule has 1 fully saturated rings. The first-order chi connectivity index (χ1) is 15.7. The molecule has 5 rings (SSSR count). The summed E-state index contributed by atoms with van der Waals surface area (Å²) in [4.78, 5) is 38.9. The molecule has 3 aliphatic heterocycles. The Morgan fingerprint density at radius 3 is 2.70 bits per heavy atom. The normalized spacial score (nSPS) is 28.5. The summed E-state index contributed by atoms with van der Waals surface area (Å²) in [5.74, 6) is -0.187. The van der Waals surface area contributed by atoms with Crippen molar-refractivity contribution in [1.82, 2.24) is 0 Å². The Hall–Kier alpha value is -2.72. The van der Waals surface area contributed by atoms with Gasteiger partial charge in [0.2, 0.25) is 0 Å². The van der Waals surface area contributed by atoms with E-state index in [0.717, 1.165) is 0 Å². The maximum Gasteiger partial charge on any atom is 0.269 e. The molecule has 3 aliphatic rings. The van der Waals surface area contributed by atoms with Gasteiger partial charge in [-0.3, -0.25) is 14.5 Å². The van der Waals surface area contributed by atoms with Crippen LogP contribution in [0, 0.1) is 5.92 Å². The largest absolute Gasteiger partial charge is 0.482 e. The second-order valence-corrected chi connectivity index (χ2v) is 13.5. The van der Waals surface area contributed by atoms with Crippen molar-refractivity contribution in [2.45, 2.75) is 43.7 Å². The van der Waals surface area contributed by atoms with Gasteiger partial charge in [-0.2, -0.15) is 0 Å². The average molecular weight is 469 g/mol. The van der Waals surface area contributed by atoms with Gasteiger partial charge in [0.15, 0.2) is 20.5 Å². The lowest BCUT2D eigenvalue weighted by Gasteiger charge is -2.33. The van der Waals surface area contributed by atoms with Crippen LogP contribution in [0.15, 0.2) is 42.5 Å². The first-order valence-electron chi connectivity index (χ1n) is 11.2. The highest BCUT2D eigenvalue weighted by Gasteiger charge is 2.64. The molecular weight excluding hydrogens is 440 g/mol. The smallest absolute Gasteiger partial charge is 0.269 e. The molecule has 3 N–H and O–H groups in total. The lowest BCUT2D eigenvalue weighted by Crippen LogP contribution is -2.43. The predicted molar refractivity (Wildman–Crippen MR) is 125 cm³/mol. The summed E-state index contributed by atoms with van der Waals surface area (Å²) < 4.78 is 12.0. The molecular formula is C24H28N2O6Si. The number of carbonyl (C=O) groups excluding carboxylic acids is 2. The fourth-order valence-electron chi connectivity index (χ4n) is 5.81. The molecule has 33 heavy (non-hydrogen) atoms. The van der Waals surface area contributed by atoms with Crippen LogP contribution in [0.5, 0.6) is 5.75 Å². The van der Waals surface area contributed by atoms with Crippen molar-refractivity contribution < 1.29 is 29.0 Å². The fraction of sp³-hybridized carbons (Fsp3) is 0.417. The minimum absolute atomic E-state index is 0.0751. The molecule has 2 aromatic carbocycles. The number of para-hydroxylation sites is 2. The van der Waals surface area contributed by atoms with E-state index in [4.69, 9.17) is 9.47 Å². The SMILES string of the molecule is C[C@@H]1[C@@H]([Si](C)(C)O)[C@H](CCO)O[C@@]12C(=O)Nc1ccc(N3C(=O)COc4ccccc43)cc12. The van der Waals surface area contributed by atoms with Gasteiger partial charge < -0.3 is 24.7 Å². The topological polar surface area (TPSA) is 108 Å². The molecule has 0 bridgehead atoms. The van der Waals surface area contributed by atoms with Crippen LogP contribution in [0.4, 0.5) is 17.1 Å². The van der Waals surface area contributed by atoms with E-state index in [2.05, 4.69) is 5.32 Å². The average Bonchev–Trinajstić information content (AvgIpc) is 3.22. The first kappa shape index (κ1) is 22.1. The second-order valence-electron chi connectivity index (χ2n) is 9.54. The van der Waals surface area contributed by atoms with Crippen LogP contribution in [0.25, 0.3) is 0 Å². The van der Waals surface area contributed by atoms with Crippen LogP contribution in [-0.4, -0.2) is 49.4 Å². The molecule has 0 saturated carbocycles. The van der Waals surface area contributed by atoms with E-state index in [1.807, 2.05) is 50.3 Å². The van der Waals surface area contributed by atoms with E-state index in [-0.39, 0.29) is 36.5 Å². The fourth-order valence-corrected chi connectivity index (χ4v) is 8.41. The van der Waals surface area contributed by atoms with Crippen molar-refractivity contribution in [3.8, 4) is 5.75 Å². The first-order valence-corrected chi connectivity index (χ1v) is 14.2. The number of aliphatic hydroxyl groups excluding tert-OH is 1. The molecule has 8 nitrogen and oxygen atoms in total. The van der Waals surface area contributed by atoms with Crippen LogP contribution in [0.1, 0.15) is 18.9 Å². The predicted octanol–water partition coefficient (Wildman–Crippen LogP) is 2.88. The highest BCUT2D eigenvalue weighted by molar-refractivity contribution is 6.71. The molecule has 0 aromatic heterocycles. The number of hydrogen-bond donors (Lipinski definition) is 3. The van der Waals surface area contributed by atoms with Gasteiger partial charge in [0.1, 0.15) is 5.75 Å². The molecule has 4 atom stereocenters. The van der Waals surface area contributed by atoms with Gasteiger partial charge in [0.25, 0.3) is 11.8 Å². The summed E-state index contributed by atoms with van der Waals surface area (Å²) in [7, 11) is -2.73. The Kier molecular flexibility index (Phi) is 5.13. The summed E-state index contributed by atoms with van der Waals surface area (Å²) >= 11 is 0. The summed E-state index contributed by atoms with van der Waals surface area (Å²) in [6, 6.07) is 12.7. The van der Waals surface area contributed by atoms with Crippen molar-refractivity contribution in [3.63, 3.8) is 0 Å². The molecule has 1 spiro atoms. The minimum atomic E-state index is -2.73. The highest BCUT2D eigenvalue weighted by Crippen LogP contribution is 2.58. The van der Waals surface area contributed by atoms with Crippen molar-refractivity contribution in [3.05, 3.63) is 48.0 Å².